The van der Waals surface area contributed by atoms with Crippen molar-refractivity contribution < 1.29 is 4.42 Å². The van der Waals surface area contributed by atoms with Crippen molar-refractivity contribution in [2.45, 2.75) is 0 Å². The van der Waals surface area contributed by atoms with E-state index in [1.807, 2.05) is 12.1 Å². The van der Waals surface area contributed by atoms with Crippen LogP contribution in [0.1, 0.15) is 11.1 Å². The topological polar surface area (TPSA) is 73.6 Å². The number of hydrogen-bond donors (Lipinski definition) is 0. The Bertz CT molecular complexity index is 526. The molecule has 1 heterocycles. The van der Waals surface area contributed by atoms with Gasteiger partial charge >= 0.3 is 0 Å². The molecule has 0 aliphatic carbocycles. The van der Waals surface area contributed by atoms with Crippen LogP contribution in [0.2, 0.25) is 0 Å². The summed E-state index contributed by atoms with van der Waals surface area (Å²) < 4.78 is 4.96. The number of nitrogens with zero attached hydrogens (tertiary/aromatic N) is 3. The van der Waals surface area contributed by atoms with Crippen LogP contribution in [-0.2, 0) is 0 Å². The van der Waals surface area contributed by atoms with Crippen LogP contribution in [0.5, 0.6) is 0 Å². The number of aromatic nitrogens is 1. The van der Waals surface area contributed by atoms with Crippen LogP contribution in [0.3, 0.4) is 0 Å². The van der Waals surface area contributed by atoms with E-state index in [9.17, 15) is 0 Å². The Hall–Kier alpha value is -2.59. The second kappa shape index (κ2) is 3.65. The highest BCUT2D eigenvalue weighted by Crippen LogP contribution is 2.21. The van der Waals surface area contributed by atoms with E-state index < -0.39 is 0 Å². The minimum Gasteiger partial charge on any atom is -0.432 e. The summed E-state index contributed by atoms with van der Waals surface area (Å²) in [5, 5.41) is 17.5. The average molecular weight is 194 g/mol. The van der Waals surface area contributed by atoms with Gasteiger partial charge in [0.05, 0.1) is 29.5 Å². The smallest absolute Gasteiger partial charge is 0.284 e. The van der Waals surface area contributed by atoms with E-state index in [1.165, 1.54) is 12.3 Å². The average Bonchev–Trinajstić information content (AvgIpc) is 2.81. The molecule has 0 amide bonds. The summed E-state index contributed by atoms with van der Waals surface area (Å²) >= 11 is 0. The molecular formula is C11H4N3O. The van der Waals surface area contributed by atoms with Gasteiger partial charge in [0.2, 0.25) is 0 Å². The SMILES string of the molecule is N#Cc1cc(C#N)cc(-c2cn[c]o2)c1. The van der Waals surface area contributed by atoms with Gasteiger partial charge in [0.1, 0.15) is 0 Å². The van der Waals surface area contributed by atoms with E-state index in [4.69, 9.17) is 14.9 Å². The third-order valence-corrected chi connectivity index (χ3v) is 1.87. The molecule has 4 nitrogen and oxygen atoms in total. The molecule has 0 saturated heterocycles. The normalized spacial score (nSPS) is 9.20. The first-order chi connectivity index (χ1) is 7.33. The van der Waals surface area contributed by atoms with Gasteiger partial charge in [0, 0.05) is 5.56 Å². The minimum atomic E-state index is 0.417. The molecule has 1 aromatic carbocycles. The van der Waals surface area contributed by atoms with Crippen molar-refractivity contribution in [3.63, 3.8) is 0 Å². The van der Waals surface area contributed by atoms with Gasteiger partial charge in [-0.05, 0) is 18.2 Å². The quantitative estimate of drug-likeness (QED) is 0.694. The summed E-state index contributed by atoms with van der Waals surface area (Å²) in [6, 6.07) is 8.75. The molecule has 0 fully saturated rings. The lowest BCUT2D eigenvalue weighted by Gasteiger charge is -1.97. The van der Waals surface area contributed by atoms with Crippen LogP contribution < -0.4 is 0 Å². The molecule has 1 radical (unpaired) electrons. The molecule has 2 aromatic rings. The predicted octanol–water partition coefficient (Wildman–Crippen LogP) is 1.89. The fourth-order valence-corrected chi connectivity index (χ4v) is 1.22. The maximum Gasteiger partial charge on any atom is 0.284 e. The number of nitriles is 2. The maximum atomic E-state index is 8.77. The largest absolute Gasteiger partial charge is 0.432 e. The van der Waals surface area contributed by atoms with Crippen molar-refractivity contribution in [1.29, 1.82) is 10.5 Å². The second-order valence-electron chi connectivity index (χ2n) is 2.84. The van der Waals surface area contributed by atoms with Crippen molar-refractivity contribution >= 4 is 0 Å². The Morgan fingerprint density at radius 1 is 1.13 bits per heavy atom. The molecule has 0 aliphatic rings. The molecule has 0 aliphatic heterocycles. The van der Waals surface area contributed by atoms with E-state index >= 15 is 0 Å². The zero-order valence-corrected chi connectivity index (χ0v) is 7.56. The van der Waals surface area contributed by atoms with Gasteiger partial charge in [-0.25, -0.2) is 4.98 Å². The van der Waals surface area contributed by atoms with Gasteiger partial charge in [0.15, 0.2) is 5.76 Å². The molecule has 0 bridgehead atoms. The van der Waals surface area contributed by atoms with Gasteiger partial charge < -0.3 is 4.42 Å². The van der Waals surface area contributed by atoms with Crippen LogP contribution in [0.25, 0.3) is 11.3 Å². The molecule has 69 valence electrons. The molecular weight excluding hydrogens is 190 g/mol. The third kappa shape index (κ3) is 1.70. The Balaban J connectivity index is 2.59. The second-order valence-corrected chi connectivity index (χ2v) is 2.84. The predicted molar refractivity (Wildman–Crippen MR) is 50.2 cm³/mol. The summed E-state index contributed by atoms with van der Waals surface area (Å²) in [4.78, 5) is 3.65. The van der Waals surface area contributed by atoms with E-state index in [2.05, 4.69) is 11.4 Å². The summed E-state index contributed by atoms with van der Waals surface area (Å²) in [5.41, 5.74) is 1.49. The van der Waals surface area contributed by atoms with Crippen molar-refractivity contribution in [3.05, 3.63) is 41.9 Å². The Morgan fingerprint density at radius 3 is 2.27 bits per heavy atom. The van der Waals surface area contributed by atoms with Crippen LogP contribution in [0.15, 0.2) is 28.8 Å². The molecule has 0 unspecified atom stereocenters. The van der Waals surface area contributed by atoms with Crippen molar-refractivity contribution in [3.8, 4) is 23.5 Å². The molecule has 0 N–H and O–H groups in total. The standard InChI is InChI=1S/C11H4N3O/c12-4-8-1-9(5-13)3-10(2-8)11-6-14-7-15-11/h1-3,6H. The Kier molecular flexibility index (Phi) is 2.19. The first-order valence-corrected chi connectivity index (χ1v) is 4.11. The number of oxazole rings is 1. The first-order valence-electron chi connectivity index (χ1n) is 4.11. The van der Waals surface area contributed by atoms with Crippen LogP contribution in [0, 0.1) is 29.1 Å². The minimum absolute atomic E-state index is 0.417. The molecule has 0 saturated carbocycles. The van der Waals surface area contributed by atoms with Gasteiger partial charge in [-0.2, -0.15) is 10.5 Å². The van der Waals surface area contributed by atoms with Crippen molar-refractivity contribution in [2.75, 3.05) is 0 Å². The molecule has 0 spiro atoms. The third-order valence-electron chi connectivity index (χ3n) is 1.87. The van der Waals surface area contributed by atoms with Crippen LogP contribution >= 0.6 is 0 Å². The van der Waals surface area contributed by atoms with Crippen molar-refractivity contribution in [2.24, 2.45) is 0 Å². The zero-order chi connectivity index (χ0) is 10.7. The molecule has 1 aromatic heterocycles. The number of hydrogen-bond acceptors (Lipinski definition) is 4. The van der Waals surface area contributed by atoms with Gasteiger partial charge in [-0.1, -0.05) is 0 Å². The van der Waals surface area contributed by atoms with Gasteiger partial charge in [-0.3, -0.25) is 0 Å². The summed E-state index contributed by atoms with van der Waals surface area (Å²) in [7, 11) is 0. The fraction of sp³-hybridized carbons (Fsp3) is 0. The van der Waals surface area contributed by atoms with Gasteiger partial charge in [0.25, 0.3) is 6.39 Å². The molecule has 15 heavy (non-hydrogen) atoms. The summed E-state index contributed by atoms with van der Waals surface area (Å²) in [5.74, 6) is 0.489. The van der Waals surface area contributed by atoms with E-state index in [0.717, 1.165) is 0 Å². The maximum absolute atomic E-state index is 8.77. The lowest BCUT2D eigenvalue weighted by molar-refractivity contribution is 0.561. The lowest BCUT2D eigenvalue weighted by atomic mass is 10.1. The highest BCUT2D eigenvalue weighted by Gasteiger charge is 2.05. The van der Waals surface area contributed by atoms with E-state index in [1.54, 1.807) is 12.1 Å². The van der Waals surface area contributed by atoms with Crippen molar-refractivity contribution in [1.82, 2.24) is 4.98 Å². The Morgan fingerprint density at radius 2 is 1.80 bits per heavy atom. The lowest BCUT2D eigenvalue weighted by Crippen LogP contribution is -1.82. The molecule has 0 atom stereocenters. The zero-order valence-electron chi connectivity index (χ0n) is 7.56. The molecule has 2 rings (SSSR count). The van der Waals surface area contributed by atoms with E-state index in [0.29, 0.717) is 22.5 Å². The number of benzene rings is 1. The van der Waals surface area contributed by atoms with Crippen LogP contribution in [0.4, 0.5) is 0 Å². The fourth-order valence-electron chi connectivity index (χ4n) is 1.22. The first kappa shape index (κ1) is 8.98. The highest BCUT2D eigenvalue weighted by molar-refractivity contribution is 5.62. The van der Waals surface area contributed by atoms with Crippen LogP contribution in [-0.4, -0.2) is 4.98 Å². The van der Waals surface area contributed by atoms with Gasteiger partial charge in [-0.15, -0.1) is 0 Å². The number of rotatable bonds is 1. The molecule has 4 heteroatoms. The highest BCUT2D eigenvalue weighted by atomic mass is 16.3. The monoisotopic (exact) mass is 194 g/mol. The Labute approximate surface area is 86.0 Å². The summed E-state index contributed by atoms with van der Waals surface area (Å²) in [6.45, 7) is 0. The summed E-state index contributed by atoms with van der Waals surface area (Å²) in [6.07, 6.45) is 3.80. The van der Waals surface area contributed by atoms with E-state index in [-0.39, 0.29) is 0 Å².